The molecule has 1 unspecified atom stereocenters. The fourth-order valence-corrected chi connectivity index (χ4v) is 10.4. The van der Waals surface area contributed by atoms with Crippen molar-refractivity contribution in [1.29, 1.82) is 0 Å². The Morgan fingerprint density at radius 1 is 0.787 bits per heavy atom. The molecule has 3 fully saturated rings. The van der Waals surface area contributed by atoms with Crippen molar-refractivity contribution in [2.75, 3.05) is 0 Å². The summed E-state index contributed by atoms with van der Waals surface area (Å²) in [6.45, 7) is 14.8. The van der Waals surface area contributed by atoms with Crippen LogP contribution in [0.1, 0.15) is 97.6 Å². The number of hydrogen-bond acceptors (Lipinski definition) is 4. The molecule has 0 aliphatic heterocycles. The Bertz CT molecular complexity index is 1730. The van der Waals surface area contributed by atoms with Crippen LogP contribution in [0.5, 0.6) is 0 Å². The number of hydrogen-bond donors (Lipinski definition) is 0. The maximum Gasteiger partial charge on any atom is 0.312 e. The van der Waals surface area contributed by atoms with E-state index in [0.29, 0.717) is 24.9 Å². The van der Waals surface area contributed by atoms with Gasteiger partial charge >= 0.3 is 5.97 Å². The Morgan fingerprint density at radius 3 is 2.11 bits per heavy atom. The third-order valence-corrected chi connectivity index (χ3v) is 13.8. The van der Waals surface area contributed by atoms with Gasteiger partial charge in [0.05, 0.1) is 5.41 Å². The maximum absolute atomic E-state index is 13.8. The molecule has 47 heavy (non-hydrogen) atoms. The topological polar surface area (TPSA) is 52.6 Å². The minimum absolute atomic E-state index is 0.0200. The molecule has 5 aliphatic carbocycles. The monoisotopic (exact) mass is 630 g/mol. The van der Waals surface area contributed by atoms with E-state index in [-0.39, 0.29) is 33.4 Å². The molecule has 246 valence electrons. The number of rotatable bonds is 6. The molecular weight excluding hydrogens is 580 g/mol. The van der Waals surface area contributed by atoms with Crippen LogP contribution in [-0.2, 0) is 32.3 Å². The zero-order valence-corrected chi connectivity index (χ0v) is 29.1. The number of carbonyl (C=O) groups is 2. The second-order valence-corrected chi connectivity index (χ2v) is 16.4. The first-order chi connectivity index (χ1) is 22.3. The zero-order chi connectivity index (χ0) is 33.2. The van der Waals surface area contributed by atoms with Crippen LogP contribution < -0.4 is 0 Å². The fraction of sp³-hybridized carbons (Fsp3) is 0.488. The van der Waals surface area contributed by atoms with Gasteiger partial charge in [0.25, 0.3) is 0 Å². The number of ketones is 1. The van der Waals surface area contributed by atoms with Crippen LogP contribution in [0.15, 0.2) is 107 Å². The minimum atomic E-state index is -0.495. The van der Waals surface area contributed by atoms with Crippen LogP contribution in [0, 0.1) is 33.0 Å². The zero-order valence-electron chi connectivity index (χ0n) is 29.1. The van der Waals surface area contributed by atoms with Crippen LogP contribution in [-0.4, -0.2) is 11.8 Å². The summed E-state index contributed by atoms with van der Waals surface area (Å²) in [5, 5.41) is 0. The largest absolute Gasteiger partial charge is 0.485 e. The summed E-state index contributed by atoms with van der Waals surface area (Å²) in [5.74, 6) is 0.780. The summed E-state index contributed by atoms with van der Waals surface area (Å²) < 4.78 is 12.2. The lowest BCUT2D eigenvalue weighted by molar-refractivity contribution is -0.183. The second-order valence-electron chi connectivity index (χ2n) is 16.4. The molecule has 0 heterocycles. The van der Waals surface area contributed by atoms with Gasteiger partial charge in [-0.15, -0.1) is 0 Å². The number of allylic oxidation sites excluding steroid dienone is 7. The number of esters is 1. The number of fused-ring (bicyclic) bond motifs is 7. The van der Waals surface area contributed by atoms with Gasteiger partial charge in [-0.2, -0.15) is 0 Å². The Kier molecular flexibility index (Phi) is 7.61. The molecule has 3 saturated carbocycles. The van der Waals surface area contributed by atoms with Gasteiger partial charge in [-0.1, -0.05) is 106 Å². The van der Waals surface area contributed by atoms with E-state index in [9.17, 15) is 9.59 Å². The van der Waals surface area contributed by atoms with Gasteiger partial charge in [-0.05, 0) is 109 Å². The summed E-state index contributed by atoms with van der Waals surface area (Å²) in [6.07, 6.45) is 13.6. The number of carbonyl (C=O) groups excluding carboxylic acids is 2. The summed E-state index contributed by atoms with van der Waals surface area (Å²) >= 11 is 0. The first kappa shape index (κ1) is 31.9. The molecule has 0 N–H and O–H groups in total. The Morgan fingerprint density at radius 2 is 1.43 bits per heavy atom. The average molecular weight is 631 g/mol. The van der Waals surface area contributed by atoms with Gasteiger partial charge in [0.2, 0.25) is 5.78 Å². The Hall–Kier alpha value is -3.66. The predicted molar refractivity (Wildman–Crippen MR) is 186 cm³/mol. The number of benzene rings is 2. The van der Waals surface area contributed by atoms with Crippen molar-refractivity contribution in [2.45, 2.75) is 99.7 Å². The van der Waals surface area contributed by atoms with Crippen LogP contribution in [0.2, 0.25) is 0 Å². The molecule has 2 aromatic carbocycles. The van der Waals surface area contributed by atoms with Crippen molar-refractivity contribution in [3.8, 4) is 0 Å². The smallest absolute Gasteiger partial charge is 0.312 e. The van der Waals surface area contributed by atoms with Crippen molar-refractivity contribution in [1.82, 2.24) is 0 Å². The highest BCUT2D eigenvalue weighted by Gasteiger charge is 2.67. The molecule has 0 saturated heterocycles. The lowest BCUT2D eigenvalue weighted by Crippen LogP contribution is -2.62. The summed E-state index contributed by atoms with van der Waals surface area (Å²) in [4.78, 5) is 27.5. The highest BCUT2D eigenvalue weighted by Crippen LogP contribution is 2.75. The van der Waals surface area contributed by atoms with Gasteiger partial charge in [-0.3, -0.25) is 9.59 Å². The van der Waals surface area contributed by atoms with E-state index in [1.807, 2.05) is 73.7 Å². The number of ether oxygens (including phenoxy) is 2. The van der Waals surface area contributed by atoms with Gasteiger partial charge in [-0.25, -0.2) is 0 Å². The third kappa shape index (κ3) is 4.92. The second kappa shape index (κ2) is 11.2. The predicted octanol–water partition coefficient (Wildman–Crippen LogP) is 10.0. The third-order valence-electron chi connectivity index (χ3n) is 13.8. The highest BCUT2D eigenvalue weighted by molar-refractivity contribution is 6.07. The molecule has 6 atom stereocenters. The molecule has 0 spiro atoms. The van der Waals surface area contributed by atoms with E-state index in [4.69, 9.17) is 9.47 Å². The van der Waals surface area contributed by atoms with Crippen LogP contribution >= 0.6 is 0 Å². The SMILES string of the molecule is CC1=C(OCc2ccccc2)C(=O)C=C2C1=CC=C1[C@@]2(C)CC[C@@]2(C)[C@@H]3C[C@](C)(C(=O)OCc4ccccc4)CCC3(C)CC[C@]12C. The van der Waals surface area contributed by atoms with Crippen LogP contribution in [0.25, 0.3) is 0 Å². The molecule has 4 heteroatoms. The molecule has 4 nitrogen and oxygen atoms in total. The van der Waals surface area contributed by atoms with E-state index < -0.39 is 5.41 Å². The average Bonchev–Trinajstić information content (AvgIpc) is 3.07. The van der Waals surface area contributed by atoms with Crippen molar-refractivity contribution in [3.63, 3.8) is 0 Å². The molecule has 0 amide bonds. The van der Waals surface area contributed by atoms with Gasteiger partial charge < -0.3 is 9.47 Å². The normalized spacial score (nSPS) is 36.1. The van der Waals surface area contributed by atoms with E-state index in [1.54, 1.807) is 0 Å². The van der Waals surface area contributed by atoms with E-state index in [2.05, 4.69) is 46.8 Å². The molecule has 7 rings (SSSR count). The standard InChI is InChI=1S/C43H50O4/c1-29-32-17-18-35-41(4,33(32)25-34(44)37(29)46-27-30-13-9-7-10-14-30)22-24-43(6)36-26-40(3,20-19-39(36,2)21-23-42(35,43)5)38(45)47-28-31-15-11-8-12-16-31/h7-18,25,36H,19-24,26-28H2,1-6H3/t36-,39?,40-,41+,42-,43+/m1/s1. The Balaban J connectivity index is 1.19. The van der Waals surface area contributed by atoms with Gasteiger partial charge in [0.15, 0.2) is 5.76 Å². The molecule has 5 aliphatic rings. The molecule has 0 aromatic heterocycles. The molecule has 2 aromatic rings. The van der Waals surface area contributed by atoms with Crippen LogP contribution in [0.3, 0.4) is 0 Å². The van der Waals surface area contributed by atoms with Gasteiger partial charge in [0, 0.05) is 11.0 Å². The van der Waals surface area contributed by atoms with Crippen molar-refractivity contribution in [2.24, 2.45) is 33.0 Å². The summed E-state index contributed by atoms with van der Waals surface area (Å²) in [6, 6.07) is 20.0. The Labute approximate surface area is 281 Å². The molecule has 0 bridgehead atoms. The lowest BCUT2D eigenvalue weighted by Gasteiger charge is -2.70. The molecular formula is C43H50O4. The quantitative estimate of drug-likeness (QED) is 0.298. The van der Waals surface area contributed by atoms with Crippen molar-refractivity contribution in [3.05, 3.63) is 118 Å². The minimum Gasteiger partial charge on any atom is -0.485 e. The van der Waals surface area contributed by atoms with Crippen LogP contribution in [0.4, 0.5) is 0 Å². The summed E-state index contributed by atoms with van der Waals surface area (Å²) in [5.41, 5.74) is 6.22. The van der Waals surface area contributed by atoms with E-state index in [1.165, 1.54) is 5.57 Å². The van der Waals surface area contributed by atoms with E-state index >= 15 is 0 Å². The molecule has 0 radical (unpaired) electrons. The summed E-state index contributed by atoms with van der Waals surface area (Å²) in [7, 11) is 0. The van der Waals surface area contributed by atoms with E-state index in [0.717, 1.165) is 72.8 Å². The fourth-order valence-electron chi connectivity index (χ4n) is 10.4. The first-order valence-corrected chi connectivity index (χ1v) is 17.6. The first-order valence-electron chi connectivity index (χ1n) is 17.6. The van der Waals surface area contributed by atoms with Gasteiger partial charge in [0.1, 0.15) is 13.2 Å². The van der Waals surface area contributed by atoms with Crippen molar-refractivity contribution >= 4 is 11.8 Å². The lowest BCUT2D eigenvalue weighted by atomic mass is 9.34. The maximum atomic E-state index is 13.8. The highest BCUT2D eigenvalue weighted by atomic mass is 16.5. The van der Waals surface area contributed by atoms with Crippen molar-refractivity contribution < 1.29 is 19.1 Å².